The maximum absolute atomic E-state index is 12.7. The number of morpholine rings is 1. The number of hydrogen-bond donors (Lipinski definition) is 2. The summed E-state index contributed by atoms with van der Waals surface area (Å²) in [4.78, 5) is 12.3. The van der Waals surface area contributed by atoms with E-state index in [9.17, 15) is 13.2 Å². The van der Waals surface area contributed by atoms with Crippen molar-refractivity contribution >= 4 is 28.3 Å². The number of amides is 1. The maximum Gasteiger partial charge on any atom is 0.240 e. The van der Waals surface area contributed by atoms with Crippen LogP contribution in [0.25, 0.3) is 0 Å². The fourth-order valence-corrected chi connectivity index (χ4v) is 4.56. The number of halogens is 1. The van der Waals surface area contributed by atoms with Gasteiger partial charge in [-0.15, -0.1) is 12.4 Å². The van der Waals surface area contributed by atoms with Gasteiger partial charge in [0, 0.05) is 19.6 Å². The first-order chi connectivity index (χ1) is 12.3. The van der Waals surface area contributed by atoms with Gasteiger partial charge in [0.1, 0.15) is 0 Å². The molecule has 0 aliphatic carbocycles. The molecular weight excluding hydrogens is 390 g/mol. The van der Waals surface area contributed by atoms with Gasteiger partial charge in [0.05, 0.1) is 24.5 Å². The molecule has 1 fully saturated rings. The summed E-state index contributed by atoms with van der Waals surface area (Å²) in [6.45, 7) is 5.54. The van der Waals surface area contributed by atoms with E-state index in [-0.39, 0.29) is 30.6 Å². The van der Waals surface area contributed by atoms with Gasteiger partial charge in [-0.2, -0.15) is 4.31 Å². The van der Waals surface area contributed by atoms with Gasteiger partial charge in [-0.1, -0.05) is 37.6 Å². The molecule has 1 saturated heterocycles. The Bertz CT molecular complexity index is 719. The minimum absolute atomic E-state index is 0. The van der Waals surface area contributed by atoms with Crippen LogP contribution in [0.1, 0.15) is 37.8 Å². The lowest BCUT2D eigenvalue weighted by Crippen LogP contribution is -2.51. The Morgan fingerprint density at radius 3 is 2.44 bits per heavy atom. The van der Waals surface area contributed by atoms with Crippen LogP contribution in [-0.4, -0.2) is 50.5 Å². The summed E-state index contributed by atoms with van der Waals surface area (Å²) >= 11 is 0. The number of carbonyl (C=O) groups excluding carboxylic acids is 1. The van der Waals surface area contributed by atoms with Crippen LogP contribution >= 0.6 is 12.4 Å². The molecule has 2 rings (SSSR count). The van der Waals surface area contributed by atoms with Gasteiger partial charge in [-0.05, 0) is 24.5 Å². The molecule has 1 aromatic carbocycles. The molecule has 0 aromatic heterocycles. The predicted octanol–water partition coefficient (Wildman–Crippen LogP) is 1.40. The molecule has 3 N–H and O–H groups in total. The SMILES string of the molecule is CCCC(C)(N)C(=O)NCc1ccccc1CS(=O)(=O)N1CCOCC1.Cl. The third-order valence-electron chi connectivity index (χ3n) is 4.55. The zero-order valence-corrected chi connectivity index (χ0v) is 17.6. The third-order valence-corrected chi connectivity index (χ3v) is 6.37. The fraction of sp³-hybridized carbons (Fsp3) is 0.611. The van der Waals surface area contributed by atoms with E-state index >= 15 is 0 Å². The van der Waals surface area contributed by atoms with Crippen molar-refractivity contribution in [2.24, 2.45) is 5.73 Å². The van der Waals surface area contributed by atoms with Crippen molar-refractivity contribution in [3.63, 3.8) is 0 Å². The molecule has 0 bridgehead atoms. The van der Waals surface area contributed by atoms with Gasteiger partial charge < -0.3 is 15.8 Å². The first-order valence-electron chi connectivity index (χ1n) is 8.96. The Balaban J connectivity index is 0.00000364. The van der Waals surface area contributed by atoms with E-state index in [0.717, 1.165) is 12.0 Å². The molecule has 1 aromatic rings. The number of sulfonamides is 1. The molecule has 1 unspecified atom stereocenters. The maximum atomic E-state index is 12.7. The van der Waals surface area contributed by atoms with Gasteiger partial charge in [-0.3, -0.25) is 4.79 Å². The van der Waals surface area contributed by atoms with Crippen molar-refractivity contribution in [3.05, 3.63) is 35.4 Å². The number of rotatable bonds is 8. The molecule has 1 aliphatic heterocycles. The van der Waals surface area contributed by atoms with E-state index in [1.165, 1.54) is 4.31 Å². The summed E-state index contributed by atoms with van der Waals surface area (Å²) < 4.78 is 32.0. The molecule has 9 heteroatoms. The monoisotopic (exact) mass is 419 g/mol. The van der Waals surface area contributed by atoms with Gasteiger partial charge in [0.2, 0.25) is 15.9 Å². The van der Waals surface area contributed by atoms with Gasteiger partial charge >= 0.3 is 0 Å². The molecular formula is C18H30ClN3O4S. The lowest BCUT2D eigenvalue weighted by molar-refractivity contribution is -0.126. The highest BCUT2D eigenvalue weighted by atomic mass is 35.5. The minimum atomic E-state index is -3.42. The van der Waals surface area contributed by atoms with Crippen molar-refractivity contribution in [1.82, 2.24) is 9.62 Å². The normalized spacial score (nSPS) is 17.6. The smallest absolute Gasteiger partial charge is 0.240 e. The number of hydrogen-bond acceptors (Lipinski definition) is 5. The van der Waals surface area contributed by atoms with E-state index in [1.807, 2.05) is 19.1 Å². The van der Waals surface area contributed by atoms with Crippen molar-refractivity contribution < 1.29 is 17.9 Å². The molecule has 27 heavy (non-hydrogen) atoms. The summed E-state index contributed by atoms with van der Waals surface area (Å²) in [5.41, 5.74) is 6.59. The number of nitrogens with zero attached hydrogens (tertiary/aromatic N) is 1. The average Bonchev–Trinajstić information content (AvgIpc) is 2.61. The second-order valence-corrected chi connectivity index (χ2v) is 8.86. The Morgan fingerprint density at radius 1 is 1.26 bits per heavy atom. The van der Waals surface area contributed by atoms with Crippen LogP contribution in [0.3, 0.4) is 0 Å². The van der Waals surface area contributed by atoms with Crippen LogP contribution in [0, 0.1) is 0 Å². The van der Waals surface area contributed by atoms with Crippen molar-refractivity contribution in [2.75, 3.05) is 26.3 Å². The Kier molecular flexibility index (Phi) is 9.17. The average molecular weight is 420 g/mol. The summed E-state index contributed by atoms with van der Waals surface area (Å²) in [7, 11) is -3.42. The fourth-order valence-electron chi connectivity index (χ4n) is 2.99. The standard InChI is InChI=1S/C18H29N3O4S.ClH/c1-3-8-18(2,19)17(22)20-13-15-6-4-5-7-16(15)14-26(23,24)21-9-11-25-12-10-21;/h4-7H,3,8-14,19H2,1-2H3,(H,20,22);1H. The zero-order chi connectivity index (χ0) is 19.2. The van der Waals surface area contributed by atoms with E-state index in [0.29, 0.717) is 38.3 Å². The Labute approximate surface area is 168 Å². The topological polar surface area (TPSA) is 102 Å². The van der Waals surface area contributed by atoms with E-state index in [2.05, 4.69) is 5.32 Å². The second kappa shape index (κ2) is 10.4. The molecule has 0 saturated carbocycles. The van der Waals surface area contributed by atoms with Gasteiger partial charge in [-0.25, -0.2) is 8.42 Å². The molecule has 154 valence electrons. The minimum Gasteiger partial charge on any atom is -0.379 e. The van der Waals surface area contributed by atoms with Crippen molar-refractivity contribution in [1.29, 1.82) is 0 Å². The second-order valence-electron chi connectivity index (χ2n) is 6.89. The molecule has 1 aliphatic rings. The molecule has 0 spiro atoms. The van der Waals surface area contributed by atoms with Crippen LogP contribution in [-0.2, 0) is 31.9 Å². The van der Waals surface area contributed by atoms with E-state index < -0.39 is 15.6 Å². The third kappa shape index (κ3) is 6.73. The van der Waals surface area contributed by atoms with E-state index in [4.69, 9.17) is 10.5 Å². The van der Waals surface area contributed by atoms with Gasteiger partial charge in [0.15, 0.2) is 0 Å². The van der Waals surface area contributed by atoms with Gasteiger partial charge in [0.25, 0.3) is 0 Å². The number of carbonyl (C=O) groups is 1. The first-order valence-corrected chi connectivity index (χ1v) is 10.6. The van der Waals surface area contributed by atoms with Crippen LogP contribution in [0.2, 0.25) is 0 Å². The molecule has 7 nitrogen and oxygen atoms in total. The largest absolute Gasteiger partial charge is 0.379 e. The Morgan fingerprint density at radius 2 is 1.85 bits per heavy atom. The lowest BCUT2D eigenvalue weighted by Gasteiger charge is -2.26. The van der Waals surface area contributed by atoms with Crippen LogP contribution < -0.4 is 11.1 Å². The summed E-state index contributed by atoms with van der Waals surface area (Å²) in [5, 5.41) is 2.84. The number of nitrogens with one attached hydrogen (secondary N) is 1. The quantitative estimate of drug-likeness (QED) is 0.663. The van der Waals surface area contributed by atoms with Crippen molar-refractivity contribution in [3.8, 4) is 0 Å². The molecule has 1 heterocycles. The highest BCUT2D eigenvalue weighted by Gasteiger charge is 2.28. The Hall–Kier alpha value is -1.19. The zero-order valence-electron chi connectivity index (χ0n) is 15.9. The number of nitrogens with two attached hydrogens (primary N) is 1. The number of ether oxygens (including phenoxy) is 1. The van der Waals surface area contributed by atoms with Crippen LogP contribution in [0.15, 0.2) is 24.3 Å². The first kappa shape index (κ1) is 23.8. The summed E-state index contributed by atoms with van der Waals surface area (Å²) in [6, 6.07) is 7.25. The van der Waals surface area contributed by atoms with Crippen LogP contribution in [0.5, 0.6) is 0 Å². The van der Waals surface area contributed by atoms with Crippen molar-refractivity contribution in [2.45, 2.75) is 44.5 Å². The number of benzene rings is 1. The van der Waals surface area contributed by atoms with E-state index in [1.54, 1.807) is 19.1 Å². The highest BCUT2D eigenvalue weighted by Crippen LogP contribution is 2.17. The lowest BCUT2D eigenvalue weighted by atomic mass is 9.96. The highest BCUT2D eigenvalue weighted by molar-refractivity contribution is 7.88. The molecule has 1 amide bonds. The predicted molar refractivity (Wildman–Crippen MR) is 108 cm³/mol. The molecule has 1 atom stereocenters. The molecule has 0 radical (unpaired) electrons. The summed E-state index contributed by atoms with van der Waals surface area (Å²) in [6.07, 6.45) is 1.40. The summed E-state index contributed by atoms with van der Waals surface area (Å²) in [5.74, 6) is -0.321. The van der Waals surface area contributed by atoms with Crippen LogP contribution in [0.4, 0.5) is 0 Å².